The number of carbonyl (C=O) groups excluding carboxylic acids is 4. The number of fused-ring (bicyclic) bond motifs is 1. The number of piperidine rings is 1. The Hall–Kier alpha value is -5.57. The number of rotatable bonds is 9. The second-order valence-electron chi connectivity index (χ2n) is 12.6. The third kappa shape index (κ3) is 7.33. The van der Waals surface area contributed by atoms with Gasteiger partial charge in [-0.05, 0) is 71.2 Å². The Morgan fingerprint density at radius 2 is 1.78 bits per heavy atom. The molecule has 51 heavy (non-hydrogen) atoms. The van der Waals surface area contributed by atoms with Crippen LogP contribution in [0.25, 0.3) is 22.6 Å². The maximum Gasteiger partial charge on any atom is 0.251 e. The van der Waals surface area contributed by atoms with Gasteiger partial charge in [0.25, 0.3) is 5.91 Å². The number of halogens is 1. The predicted octanol–water partition coefficient (Wildman–Crippen LogP) is 4.21. The van der Waals surface area contributed by atoms with Crippen LogP contribution in [0.3, 0.4) is 0 Å². The summed E-state index contributed by atoms with van der Waals surface area (Å²) in [7, 11) is 1.85. The van der Waals surface area contributed by atoms with Crippen molar-refractivity contribution in [1.29, 1.82) is 0 Å². The summed E-state index contributed by atoms with van der Waals surface area (Å²) in [6.45, 7) is 4.64. The third-order valence-corrected chi connectivity index (χ3v) is 9.76. The van der Waals surface area contributed by atoms with E-state index in [4.69, 9.17) is 4.74 Å². The molecule has 0 radical (unpaired) electrons. The van der Waals surface area contributed by atoms with E-state index in [0.29, 0.717) is 77.5 Å². The van der Waals surface area contributed by atoms with Gasteiger partial charge in [0.15, 0.2) is 11.4 Å². The number of aromatic nitrogens is 5. The average Bonchev–Trinajstić information content (AvgIpc) is 3.72. The van der Waals surface area contributed by atoms with Crippen LogP contribution in [0.5, 0.6) is 11.5 Å². The van der Waals surface area contributed by atoms with Crippen LogP contribution in [0.15, 0.2) is 65.4 Å². The molecule has 14 nitrogen and oxygen atoms in total. The molecule has 3 N–H and O–H groups in total. The Labute approximate surface area is 301 Å². The number of nitrogens with one attached hydrogen (secondary N) is 3. The van der Waals surface area contributed by atoms with Gasteiger partial charge < -0.3 is 24.8 Å². The average molecular weight is 755 g/mol. The molecular formula is C36H36BrN9O5. The van der Waals surface area contributed by atoms with Crippen molar-refractivity contribution in [2.45, 2.75) is 32.1 Å². The molecule has 5 heterocycles. The van der Waals surface area contributed by atoms with Crippen LogP contribution in [0, 0.1) is 6.92 Å². The van der Waals surface area contributed by atoms with Crippen molar-refractivity contribution >= 4 is 56.4 Å². The lowest BCUT2D eigenvalue weighted by Gasteiger charge is -2.36. The first-order valence-corrected chi connectivity index (χ1v) is 17.5. The zero-order valence-electron chi connectivity index (χ0n) is 28.1. The number of aromatic amines is 1. The SMILES string of the molecule is Cc1nn(C)cc1-c1nc2ncc(Br)c(Oc3ccc(C(=O)NCCC(=O)N4CCN(c5ccc([C@@H]6CCC(=O)NC6=O)cc5)CC4)cc3)c2[nH]1. The van der Waals surface area contributed by atoms with E-state index in [1.54, 1.807) is 35.1 Å². The molecule has 2 aliphatic heterocycles. The molecule has 0 spiro atoms. The number of benzene rings is 2. The molecule has 7 rings (SSSR count). The van der Waals surface area contributed by atoms with Gasteiger partial charge in [-0.3, -0.25) is 29.2 Å². The molecule has 3 aromatic heterocycles. The lowest BCUT2D eigenvalue weighted by atomic mass is 9.90. The van der Waals surface area contributed by atoms with Crippen molar-refractivity contribution in [2.24, 2.45) is 7.05 Å². The fraction of sp³-hybridized carbons (Fsp3) is 0.306. The highest BCUT2D eigenvalue weighted by molar-refractivity contribution is 9.10. The van der Waals surface area contributed by atoms with Crippen molar-refractivity contribution < 1.29 is 23.9 Å². The Morgan fingerprint density at radius 3 is 2.47 bits per heavy atom. The van der Waals surface area contributed by atoms with Crippen molar-refractivity contribution in [3.05, 3.63) is 82.2 Å². The third-order valence-electron chi connectivity index (χ3n) is 9.19. The lowest BCUT2D eigenvalue weighted by Crippen LogP contribution is -2.49. The van der Waals surface area contributed by atoms with Crippen LogP contribution in [0.2, 0.25) is 0 Å². The van der Waals surface area contributed by atoms with Gasteiger partial charge in [0.05, 0.1) is 21.6 Å². The summed E-state index contributed by atoms with van der Waals surface area (Å²) < 4.78 is 8.58. The number of imidazole rings is 1. The summed E-state index contributed by atoms with van der Waals surface area (Å²) in [4.78, 5) is 65.9. The normalized spacial score (nSPS) is 16.3. The van der Waals surface area contributed by atoms with Gasteiger partial charge in [-0.1, -0.05) is 12.1 Å². The molecule has 0 aliphatic carbocycles. The number of aryl methyl sites for hydroxylation is 2. The van der Waals surface area contributed by atoms with E-state index in [9.17, 15) is 19.2 Å². The van der Waals surface area contributed by atoms with Gasteiger partial charge >= 0.3 is 0 Å². The van der Waals surface area contributed by atoms with Crippen LogP contribution in [-0.4, -0.2) is 86.0 Å². The molecule has 0 unspecified atom stereocenters. The summed E-state index contributed by atoms with van der Waals surface area (Å²) in [5.41, 5.74) is 5.18. The molecule has 2 fully saturated rings. The van der Waals surface area contributed by atoms with E-state index in [1.807, 2.05) is 49.3 Å². The number of anilines is 1. The Balaban J connectivity index is 0.881. The van der Waals surface area contributed by atoms with E-state index in [0.717, 1.165) is 22.5 Å². The van der Waals surface area contributed by atoms with Crippen LogP contribution < -0.4 is 20.3 Å². The molecule has 2 saturated heterocycles. The maximum absolute atomic E-state index is 12.9. The maximum atomic E-state index is 12.9. The highest BCUT2D eigenvalue weighted by atomic mass is 79.9. The minimum atomic E-state index is -0.313. The largest absolute Gasteiger partial charge is 0.454 e. The molecule has 262 valence electrons. The van der Waals surface area contributed by atoms with E-state index in [1.165, 1.54) is 0 Å². The fourth-order valence-electron chi connectivity index (χ4n) is 6.45. The number of ether oxygens (including phenoxy) is 1. The van der Waals surface area contributed by atoms with Gasteiger partial charge in [0.2, 0.25) is 17.7 Å². The molecule has 5 aromatic rings. The molecular weight excluding hydrogens is 718 g/mol. The number of H-pyrrole nitrogens is 1. The van der Waals surface area contributed by atoms with Crippen molar-refractivity contribution in [2.75, 3.05) is 37.6 Å². The first kappa shape index (κ1) is 33.9. The minimum absolute atomic E-state index is 0.0122. The summed E-state index contributed by atoms with van der Waals surface area (Å²) in [6, 6.07) is 14.6. The molecule has 0 bridgehead atoms. The predicted molar refractivity (Wildman–Crippen MR) is 192 cm³/mol. The topological polar surface area (TPSA) is 167 Å². The first-order valence-electron chi connectivity index (χ1n) is 16.7. The number of pyridine rings is 1. The fourth-order valence-corrected chi connectivity index (χ4v) is 6.83. The minimum Gasteiger partial charge on any atom is -0.454 e. The number of nitrogens with zero attached hydrogens (tertiary/aromatic N) is 6. The number of hydrogen-bond acceptors (Lipinski definition) is 9. The molecule has 15 heteroatoms. The van der Waals surface area contributed by atoms with Crippen LogP contribution in [0.1, 0.15) is 46.8 Å². The summed E-state index contributed by atoms with van der Waals surface area (Å²) >= 11 is 3.53. The van der Waals surface area contributed by atoms with E-state index >= 15 is 0 Å². The van der Waals surface area contributed by atoms with Gasteiger partial charge in [-0.2, -0.15) is 5.10 Å². The molecule has 2 aliphatic rings. The number of carbonyl (C=O) groups is 4. The van der Waals surface area contributed by atoms with Crippen LogP contribution in [-0.2, 0) is 21.4 Å². The van der Waals surface area contributed by atoms with Crippen molar-refractivity contribution in [3.8, 4) is 22.9 Å². The first-order chi connectivity index (χ1) is 24.6. The molecule has 2 aromatic carbocycles. The number of amides is 4. The zero-order valence-corrected chi connectivity index (χ0v) is 29.7. The standard InChI is InChI=1S/C36H36BrN9O5/c1-21-27(20-44(2)43-21)33-41-31-32(28(37)19-39-34(31)42-33)51-25-9-5-23(6-10-25)35(49)38-14-13-30(48)46-17-15-45(16-18-46)24-7-3-22(4-8-24)26-11-12-29(47)40-36(26)50/h3-10,19-20,26H,11-18H2,1-2H3,(H,38,49)(H,39,41,42)(H,40,47,50)/t26-/m0/s1. The molecule has 4 amide bonds. The number of imide groups is 1. The molecule has 1 atom stereocenters. The number of hydrogen-bond donors (Lipinski definition) is 3. The smallest absolute Gasteiger partial charge is 0.251 e. The van der Waals surface area contributed by atoms with Crippen LogP contribution >= 0.6 is 15.9 Å². The quantitative estimate of drug-likeness (QED) is 0.187. The van der Waals surface area contributed by atoms with Crippen molar-refractivity contribution in [1.82, 2.24) is 40.3 Å². The second kappa shape index (κ2) is 14.3. The highest BCUT2D eigenvalue weighted by Gasteiger charge is 2.28. The van der Waals surface area contributed by atoms with E-state index < -0.39 is 0 Å². The summed E-state index contributed by atoms with van der Waals surface area (Å²) in [5.74, 6) is 0.593. The Kier molecular flexibility index (Phi) is 9.54. The van der Waals surface area contributed by atoms with E-state index in [-0.39, 0.29) is 42.5 Å². The van der Waals surface area contributed by atoms with Gasteiger partial charge in [-0.15, -0.1) is 0 Å². The monoisotopic (exact) mass is 753 g/mol. The van der Waals surface area contributed by atoms with Crippen LogP contribution in [0.4, 0.5) is 5.69 Å². The van der Waals surface area contributed by atoms with Gasteiger partial charge in [0, 0.05) is 76.3 Å². The van der Waals surface area contributed by atoms with Crippen molar-refractivity contribution in [3.63, 3.8) is 0 Å². The zero-order chi connectivity index (χ0) is 35.6. The summed E-state index contributed by atoms with van der Waals surface area (Å²) in [6.07, 6.45) is 4.58. The number of piperazine rings is 1. The van der Waals surface area contributed by atoms with Gasteiger partial charge in [0.1, 0.15) is 17.1 Å². The lowest BCUT2D eigenvalue weighted by molar-refractivity contribution is -0.134. The van der Waals surface area contributed by atoms with Gasteiger partial charge in [-0.25, -0.2) is 9.97 Å². The highest BCUT2D eigenvalue weighted by Crippen LogP contribution is 2.36. The summed E-state index contributed by atoms with van der Waals surface area (Å²) in [5, 5.41) is 9.65. The Bertz CT molecular complexity index is 2120. The molecule has 0 saturated carbocycles. The Morgan fingerprint density at radius 1 is 1.04 bits per heavy atom. The van der Waals surface area contributed by atoms with E-state index in [2.05, 4.69) is 51.5 Å². The second-order valence-corrected chi connectivity index (χ2v) is 13.5.